The van der Waals surface area contributed by atoms with Gasteiger partial charge < -0.3 is 0 Å². The van der Waals surface area contributed by atoms with Crippen LogP contribution in [0, 0.1) is 67.2 Å². The lowest BCUT2D eigenvalue weighted by atomic mass is 9.47. The fourth-order valence-electron chi connectivity index (χ4n) is 7.76. The molecule has 0 radical (unpaired) electrons. The molecular formula is C29H36. The molecule has 2 bridgehead atoms. The SMILES string of the molecule is Cc1c(C)c(C)c2c(c1C)-c1c(C)c(C)c(C)c(C)c1[C@]1(C)C3C=CC(C3)[C@]21C. The Labute approximate surface area is 177 Å². The summed E-state index contributed by atoms with van der Waals surface area (Å²) in [5, 5.41) is 0. The number of hydrogen-bond acceptors (Lipinski definition) is 0. The highest BCUT2D eigenvalue weighted by Crippen LogP contribution is 2.71. The van der Waals surface area contributed by atoms with Crippen LogP contribution in [0.15, 0.2) is 12.2 Å². The first-order valence-electron chi connectivity index (χ1n) is 11.4. The van der Waals surface area contributed by atoms with E-state index in [1.807, 2.05) is 0 Å². The van der Waals surface area contributed by atoms with Gasteiger partial charge in [0.1, 0.15) is 0 Å². The molecule has 3 aliphatic rings. The summed E-state index contributed by atoms with van der Waals surface area (Å²) in [5.41, 5.74) is 18.9. The van der Waals surface area contributed by atoms with Crippen molar-refractivity contribution in [1.29, 1.82) is 0 Å². The standard InChI is InChI=1S/C29H36/c1-14-16(3)20(7)26-24(18(14)5)25-19(6)15(2)17(4)21(8)27(25)29(10)23-12-11-22(13-23)28(26,29)9/h11-12,22-23H,13H2,1-10H3/t22?,23?,28-,29+. The van der Waals surface area contributed by atoms with E-state index in [2.05, 4.69) is 81.4 Å². The topological polar surface area (TPSA) is 0 Å². The van der Waals surface area contributed by atoms with Gasteiger partial charge in [-0.15, -0.1) is 0 Å². The highest BCUT2D eigenvalue weighted by molar-refractivity contribution is 5.88. The predicted octanol–water partition coefficient (Wildman–Crippen LogP) is 7.56. The van der Waals surface area contributed by atoms with Gasteiger partial charge in [-0.1, -0.05) is 26.0 Å². The summed E-state index contributed by atoms with van der Waals surface area (Å²) in [4.78, 5) is 0. The first-order chi connectivity index (χ1) is 13.5. The Morgan fingerprint density at radius 1 is 0.517 bits per heavy atom. The van der Waals surface area contributed by atoms with Crippen molar-refractivity contribution in [3.63, 3.8) is 0 Å². The Balaban J connectivity index is 2.10. The molecule has 0 aromatic heterocycles. The van der Waals surface area contributed by atoms with Gasteiger partial charge in [0.25, 0.3) is 0 Å². The molecule has 1 fully saturated rings. The minimum absolute atomic E-state index is 0.168. The Morgan fingerprint density at radius 3 is 1.17 bits per heavy atom. The van der Waals surface area contributed by atoms with Crippen molar-refractivity contribution in [3.8, 4) is 11.1 Å². The van der Waals surface area contributed by atoms with Gasteiger partial charge in [0.15, 0.2) is 0 Å². The normalized spacial score (nSPS) is 31.1. The van der Waals surface area contributed by atoms with Crippen molar-refractivity contribution in [2.45, 2.75) is 86.5 Å². The zero-order valence-corrected chi connectivity index (χ0v) is 20.0. The lowest BCUT2D eigenvalue weighted by Crippen LogP contribution is -2.52. The highest BCUT2D eigenvalue weighted by atomic mass is 14.7. The molecule has 0 nitrogen and oxygen atoms in total. The van der Waals surface area contributed by atoms with Crippen LogP contribution in [0.3, 0.4) is 0 Å². The van der Waals surface area contributed by atoms with Gasteiger partial charge in [0, 0.05) is 10.8 Å². The van der Waals surface area contributed by atoms with E-state index in [9.17, 15) is 0 Å². The molecule has 0 aliphatic heterocycles. The summed E-state index contributed by atoms with van der Waals surface area (Å²) in [6.45, 7) is 24.1. The third-order valence-electron chi connectivity index (χ3n) is 10.3. The quantitative estimate of drug-likeness (QED) is 0.411. The molecule has 0 heterocycles. The molecule has 2 aromatic carbocycles. The second kappa shape index (κ2) is 5.45. The van der Waals surface area contributed by atoms with Crippen molar-refractivity contribution in [1.82, 2.24) is 0 Å². The summed E-state index contributed by atoms with van der Waals surface area (Å²) in [6, 6.07) is 0. The van der Waals surface area contributed by atoms with E-state index in [-0.39, 0.29) is 10.8 Å². The summed E-state index contributed by atoms with van der Waals surface area (Å²) in [7, 11) is 0. The molecule has 5 rings (SSSR count). The molecule has 1 saturated carbocycles. The zero-order chi connectivity index (χ0) is 21.2. The van der Waals surface area contributed by atoms with Crippen molar-refractivity contribution in [2.24, 2.45) is 11.8 Å². The number of benzene rings is 2. The first kappa shape index (κ1) is 19.2. The summed E-state index contributed by atoms with van der Waals surface area (Å²) < 4.78 is 0. The van der Waals surface area contributed by atoms with Gasteiger partial charge in [-0.2, -0.15) is 0 Å². The molecule has 0 heteroatoms. The van der Waals surface area contributed by atoms with E-state index >= 15 is 0 Å². The minimum atomic E-state index is 0.168. The van der Waals surface area contributed by atoms with E-state index in [1.165, 1.54) is 39.8 Å². The Kier molecular flexibility index (Phi) is 3.60. The smallest absolute Gasteiger partial charge is 0.00967 e. The number of hydrogen-bond donors (Lipinski definition) is 0. The van der Waals surface area contributed by atoms with Crippen LogP contribution in [0.4, 0.5) is 0 Å². The predicted molar refractivity (Wildman–Crippen MR) is 125 cm³/mol. The first-order valence-corrected chi connectivity index (χ1v) is 11.4. The zero-order valence-electron chi connectivity index (χ0n) is 20.0. The maximum Gasteiger partial charge on any atom is 0.00967 e. The molecular weight excluding hydrogens is 348 g/mol. The Hall–Kier alpha value is -1.82. The molecule has 4 atom stereocenters. The summed E-state index contributed by atoms with van der Waals surface area (Å²) in [6.07, 6.45) is 6.41. The number of allylic oxidation sites excluding steroid dienone is 2. The molecule has 2 aromatic rings. The highest BCUT2D eigenvalue weighted by Gasteiger charge is 2.66. The molecule has 0 saturated heterocycles. The van der Waals surface area contributed by atoms with Crippen LogP contribution in [-0.2, 0) is 10.8 Å². The molecule has 0 N–H and O–H groups in total. The van der Waals surface area contributed by atoms with E-state index in [1.54, 1.807) is 33.4 Å². The van der Waals surface area contributed by atoms with Gasteiger partial charge in [-0.3, -0.25) is 0 Å². The van der Waals surface area contributed by atoms with Crippen LogP contribution < -0.4 is 0 Å². The van der Waals surface area contributed by atoms with Crippen molar-refractivity contribution in [2.75, 3.05) is 0 Å². The van der Waals surface area contributed by atoms with Crippen LogP contribution in [0.1, 0.15) is 75.9 Å². The molecule has 3 aliphatic carbocycles. The largest absolute Gasteiger partial charge is 0.0842 e. The Morgan fingerprint density at radius 2 is 0.828 bits per heavy atom. The van der Waals surface area contributed by atoms with E-state index < -0.39 is 0 Å². The van der Waals surface area contributed by atoms with Crippen molar-refractivity contribution in [3.05, 3.63) is 67.8 Å². The van der Waals surface area contributed by atoms with Crippen molar-refractivity contribution < 1.29 is 0 Å². The van der Waals surface area contributed by atoms with Gasteiger partial charge in [0.2, 0.25) is 0 Å². The van der Waals surface area contributed by atoms with Gasteiger partial charge in [-0.05, 0) is 140 Å². The summed E-state index contributed by atoms with van der Waals surface area (Å²) >= 11 is 0. The lowest BCUT2D eigenvalue weighted by molar-refractivity contribution is 0.226. The van der Waals surface area contributed by atoms with E-state index in [0.717, 1.165) is 0 Å². The average Bonchev–Trinajstić information content (AvgIpc) is 3.26. The maximum atomic E-state index is 2.61. The van der Waals surface area contributed by atoms with Crippen LogP contribution >= 0.6 is 0 Å². The number of fused-ring (bicyclic) bond motifs is 10. The van der Waals surface area contributed by atoms with Crippen LogP contribution in [-0.4, -0.2) is 0 Å². The van der Waals surface area contributed by atoms with E-state index in [0.29, 0.717) is 11.8 Å². The second-order valence-electron chi connectivity index (χ2n) is 10.7. The molecule has 29 heavy (non-hydrogen) atoms. The number of rotatable bonds is 0. The van der Waals surface area contributed by atoms with Crippen LogP contribution in [0.5, 0.6) is 0 Å². The second-order valence-corrected chi connectivity index (χ2v) is 10.7. The molecule has 152 valence electrons. The monoisotopic (exact) mass is 384 g/mol. The minimum Gasteiger partial charge on any atom is -0.0842 e. The third kappa shape index (κ3) is 1.80. The van der Waals surface area contributed by atoms with Gasteiger partial charge in [-0.25, -0.2) is 0 Å². The average molecular weight is 385 g/mol. The van der Waals surface area contributed by atoms with Gasteiger partial charge >= 0.3 is 0 Å². The van der Waals surface area contributed by atoms with Crippen LogP contribution in [0.2, 0.25) is 0 Å². The molecule has 0 spiro atoms. The Bertz CT molecular complexity index is 1050. The summed E-state index contributed by atoms with van der Waals surface area (Å²) in [5.74, 6) is 1.29. The van der Waals surface area contributed by atoms with Gasteiger partial charge in [0.05, 0.1) is 0 Å². The molecule has 0 amide bonds. The maximum absolute atomic E-state index is 2.61. The third-order valence-corrected chi connectivity index (χ3v) is 10.3. The fraction of sp³-hybridized carbons (Fsp3) is 0.517. The fourth-order valence-corrected chi connectivity index (χ4v) is 7.76. The lowest BCUT2D eigenvalue weighted by Gasteiger charge is -2.55. The van der Waals surface area contributed by atoms with Crippen molar-refractivity contribution >= 4 is 0 Å². The van der Waals surface area contributed by atoms with Crippen LogP contribution in [0.25, 0.3) is 11.1 Å². The van der Waals surface area contributed by atoms with E-state index in [4.69, 9.17) is 0 Å². The molecule has 2 unspecified atom stereocenters.